The molecule has 1 amide bonds. The van der Waals surface area contributed by atoms with Crippen molar-refractivity contribution in [1.82, 2.24) is 0 Å². The summed E-state index contributed by atoms with van der Waals surface area (Å²) in [6.07, 6.45) is 0. The molecule has 2 rings (SSSR count). The smallest absolute Gasteiger partial charge is 0.342 e. The summed E-state index contributed by atoms with van der Waals surface area (Å²) in [7, 11) is 1.47. The number of benzene rings is 2. The summed E-state index contributed by atoms with van der Waals surface area (Å²) in [5.41, 5.74) is 2.98. The molecule has 0 unspecified atom stereocenters. The first-order valence-electron chi connectivity index (χ1n) is 7.18. The lowest BCUT2D eigenvalue weighted by atomic mass is 10.1. The molecule has 0 spiro atoms. The summed E-state index contributed by atoms with van der Waals surface area (Å²) < 4.78 is 10.1. The van der Waals surface area contributed by atoms with E-state index in [1.165, 1.54) is 7.11 Å². The summed E-state index contributed by atoms with van der Waals surface area (Å²) in [4.78, 5) is 24.0. The molecule has 0 aliphatic heterocycles. The minimum Gasteiger partial charge on any atom is -0.496 e. The molecule has 0 atom stereocenters. The molecule has 120 valence electrons. The quantitative estimate of drug-likeness (QED) is 0.861. The Hall–Kier alpha value is -2.82. The van der Waals surface area contributed by atoms with E-state index in [0.29, 0.717) is 11.4 Å². The minimum atomic E-state index is -0.599. The van der Waals surface area contributed by atoms with Crippen molar-refractivity contribution < 1.29 is 19.1 Å². The van der Waals surface area contributed by atoms with Gasteiger partial charge in [0, 0.05) is 5.69 Å². The van der Waals surface area contributed by atoms with Crippen molar-refractivity contribution in [2.45, 2.75) is 13.8 Å². The minimum absolute atomic E-state index is 0.287. The monoisotopic (exact) mass is 313 g/mol. The fraction of sp³-hybridized carbons (Fsp3) is 0.222. The first-order chi connectivity index (χ1) is 11.0. The van der Waals surface area contributed by atoms with E-state index in [1.54, 1.807) is 24.3 Å². The van der Waals surface area contributed by atoms with Crippen LogP contribution in [0.1, 0.15) is 21.5 Å². The summed E-state index contributed by atoms with van der Waals surface area (Å²) in [6, 6.07) is 12.5. The van der Waals surface area contributed by atoms with Gasteiger partial charge >= 0.3 is 5.97 Å². The zero-order valence-corrected chi connectivity index (χ0v) is 13.4. The molecule has 0 fully saturated rings. The number of hydrogen-bond donors (Lipinski definition) is 1. The normalized spacial score (nSPS) is 10.0. The van der Waals surface area contributed by atoms with Gasteiger partial charge in [0.25, 0.3) is 5.91 Å². The highest BCUT2D eigenvalue weighted by Gasteiger charge is 2.15. The van der Waals surface area contributed by atoms with Crippen molar-refractivity contribution in [1.29, 1.82) is 0 Å². The maximum atomic E-state index is 12.0. The van der Waals surface area contributed by atoms with Crippen LogP contribution < -0.4 is 10.1 Å². The van der Waals surface area contributed by atoms with Crippen LogP contribution in [-0.2, 0) is 9.53 Å². The number of rotatable bonds is 5. The van der Waals surface area contributed by atoms with Crippen LogP contribution in [0.3, 0.4) is 0 Å². The molecule has 23 heavy (non-hydrogen) atoms. The van der Waals surface area contributed by atoms with Crippen molar-refractivity contribution in [2.75, 3.05) is 19.0 Å². The van der Waals surface area contributed by atoms with Crippen molar-refractivity contribution >= 4 is 17.6 Å². The van der Waals surface area contributed by atoms with E-state index in [9.17, 15) is 9.59 Å². The largest absolute Gasteiger partial charge is 0.496 e. The Morgan fingerprint density at radius 1 is 1.09 bits per heavy atom. The summed E-state index contributed by atoms with van der Waals surface area (Å²) in [5, 5.41) is 2.74. The van der Waals surface area contributed by atoms with Gasteiger partial charge in [-0.3, -0.25) is 4.79 Å². The third-order valence-electron chi connectivity index (χ3n) is 3.33. The van der Waals surface area contributed by atoms with Gasteiger partial charge in [-0.05, 0) is 43.2 Å². The first kappa shape index (κ1) is 16.5. The number of anilines is 1. The molecule has 0 saturated carbocycles. The average molecular weight is 313 g/mol. The number of carbonyl (C=O) groups excluding carboxylic acids is 2. The van der Waals surface area contributed by atoms with Crippen molar-refractivity contribution in [2.24, 2.45) is 0 Å². The lowest BCUT2D eigenvalue weighted by Crippen LogP contribution is -2.21. The molecule has 5 nitrogen and oxygen atoms in total. The van der Waals surface area contributed by atoms with E-state index in [0.717, 1.165) is 11.1 Å². The maximum absolute atomic E-state index is 12.0. The lowest BCUT2D eigenvalue weighted by molar-refractivity contribution is -0.119. The van der Waals surface area contributed by atoms with Gasteiger partial charge < -0.3 is 14.8 Å². The van der Waals surface area contributed by atoms with Crippen LogP contribution in [0.2, 0.25) is 0 Å². The summed E-state index contributed by atoms with van der Waals surface area (Å²) in [6.45, 7) is 3.48. The van der Waals surface area contributed by atoms with Gasteiger partial charge in [0.05, 0.1) is 7.11 Å². The van der Waals surface area contributed by atoms with Gasteiger partial charge in [-0.25, -0.2) is 4.79 Å². The SMILES string of the molecule is COc1ccccc1C(=O)OCC(=O)Nc1cc(C)ccc1C. The van der Waals surface area contributed by atoms with Gasteiger partial charge in [-0.2, -0.15) is 0 Å². The maximum Gasteiger partial charge on any atom is 0.342 e. The predicted molar refractivity (Wildman–Crippen MR) is 87.8 cm³/mol. The van der Waals surface area contributed by atoms with Gasteiger partial charge in [-0.1, -0.05) is 24.3 Å². The molecular weight excluding hydrogens is 294 g/mol. The molecule has 0 aromatic heterocycles. The molecule has 2 aromatic carbocycles. The van der Waals surface area contributed by atoms with Crippen LogP contribution in [0.4, 0.5) is 5.69 Å². The molecule has 0 aliphatic rings. The van der Waals surface area contributed by atoms with E-state index in [-0.39, 0.29) is 18.1 Å². The van der Waals surface area contributed by atoms with Gasteiger partial charge in [0.15, 0.2) is 6.61 Å². The van der Waals surface area contributed by atoms with E-state index >= 15 is 0 Å². The van der Waals surface area contributed by atoms with Crippen molar-refractivity contribution in [3.8, 4) is 5.75 Å². The summed E-state index contributed by atoms with van der Waals surface area (Å²) >= 11 is 0. The number of aryl methyl sites for hydroxylation is 2. The highest BCUT2D eigenvalue weighted by molar-refractivity contribution is 5.97. The van der Waals surface area contributed by atoms with Crippen LogP contribution in [0.25, 0.3) is 0 Å². The lowest BCUT2D eigenvalue weighted by Gasteiger charge is -2.11. The zero-order chi connectivity index (χ0) is 16.8. The second-order valence-corrected chi connectivity index (χ2v) is 5.14. The van der Waals surface area contributed by atoms with Crippen LogP contribution >= 0.6 is 0 Å². The second-order valence-electron chi connectivity index (χ2n) is 5.14. The fourth-order valence-corrected chi connectivity index (χ4v) is 2.08. The summed E-state index contributed by atoms with van der Waals surface area (Å²) in [5.74, 6) is -0.576. The predicted octanol–water partition coefficient (Wildman–Crippen LogP) is 3.11. The Morgan fingerprint density at radius 2 is 1.83 bits per heavy atom. The standard InChI is InChI=1S/C18H19NO4/c1-12-8-9-13(2)15(10-12)19-17(20)11-23-18(21)14-6-4-5-7-16(14)22-3/h4-10H,11H2,1-3H3,(H,19,20). The van der Waals surface area contributed by atoms with E-state index in [2.05, 4.69) is 5.32 Å². The topological polar surface area (TPSA) is 64.6 Å². The Kier molecular flexibility index (Phi) is 5.36. The average Bonchev–Trinajstić information content (AvgIpc) is 2.56. The van der Waals surface area contributed by atoms with E-state index in [1.807, 2.05) is 32.0 Å². The molecule has 5 heteroatoms. The molecule has 0 bridgehead atoms. The Labute approximate surface area is 135 Å². The zero-order valence-electron chi connectivity index (χ0n) is 13.4. The van der Waals surface area contributed by atoms with Crippen LogP contribution in [0.15, 0.2) is 42.5 Å². The number of esters is 1. The number of para-hydroxylation sites is 1. The Bertz CT molecular complexity index is 725. The Morgan fingerprint density at radius 3 is 2.57 bits per heavy atom. The van der Waals surface area contributed by atoms with Crippen molar-refractivity contribution in [3.05, 3.63) is 59.2 Å². The number of methoxy groups -OCH3 is 1. The molecule has 0 aliphatic carbocycles. The first-order valence-corrected chi connectivity index (χ1v) is 7.18. The highest BCUT2D eigenvalue weighted by atomic mass is 16.5. The molecule has 2 aromatic rings. The number of hydrogen-bond acceptors (Lipinski definition) is 4. The molecule has 0 radical (unpaired) electrons. The number of nitrogens with one attached hydrogen (secondary N) is 1. The highest BCUT2D eigenvalue weighted by Crippen LogP contribution is 2.19. The fourth-order valence-electron chi connectivity index (χ4n) is 2.08. The number of carbonyl (C=O) groups is 2. The van der Waals surface area contributed by atoms with Crippen molar-refractivity contribution in [3.63, 3.8) is 0 Å². The molecule has 0 saturated heterocycles. The number of amides is 1. The van der Waals surface area contributed by atoms with Gasteiger partial charge in [0.2, 0.25) is 0 Å². The second kappa shape index (κ2) is 7.45. The molecule has 0 heterocycles. The van der Waals surface area contributed by atoms with Crippen LogP contribution in [-0.4, -0.2) is 25.6 Å². The van der Waals surface area contributed by atoms with Crippen LogP contribution in [0.5, 0.6) is 5.75 Å². The van der Waals surface area contributed by atoms with E-state index < -0.39 is 5.97 Å². The molecular formula is C18H19NO4. The van der Waals surface area contributed by atoms with Gasteiger partial charge in [0.1, 0.15) is 11.3 Å². The van der Waals surface area contributed by atoms with E-state index in [4.69, 9.17) is 9.47 Å². The third kappa shape index (κ3) is 4.32. The van der Waals surface area contributed by atoms with Crippen LogP contribution in [0, 0.1) is 13.8 Å². The van der Waals surface area contributed by atoms with Gasteiger partial charge in [-0.15, -0.1) is 0 Å². The third-order valence-corrected chi connectivity index (χ3v) is 3.33. The molecule has 1 N–H and O–H groups in total. The Balaban J connectivity index is 1.96. The number of ether oxygens (including phenoxy) is 2.